The standard InChI is InChI=1S/C14H17BrN2OS/c15-12-5-7-19-14(12)13(8-16)17(10-3-4-10)9-11-2-1-6-18-11/h1-2,5-7,10,13H,3-4,8-9,16H2. The Morgan fingerprint density at radius 2 is 2.32 bits per heavy atom. The third-order valence-corrected chi connectivity index (χ3v) is 5.48. The molecule has 1 unspecified atom stereocenters. The molecule has 1 saturated carbocycles. The van der Waals surface area contributed by atoms with Crippen LogP contribution in [-0.4, -0.2) is 17.5 Å². The second kappa shape index (κ2) is 5.79. The first-order chi connectivity index (χ1) is 9.29. The zero-order valence-corrected chi connectivity index (χ0v) is 13.0. The van der Waals surface area contributed by atoms with Gasteiger partial charge in [0.05, 0.1) is 18.8 Å². The SMILES string of the molecule is NCC(c1sccc1Br)N(Cc1ccco1)C1CC1. The van der Waals surface area contributed by atoms with Crippen molar-refractivity contribution in [1.29, 1.82) is 0 Å². The van der Waals surface area contributed by atoms with E-state index >= 15 is 0 Å². The highest BCUT2D eigenvalue weighted by Gasteiger charge is 2.35. The largest absolute Gasteiger partial charge is 0.468 e. The smallest absolute Gasteiger partial charge is 0.117 e. The number of nitrogens with zero attached hydrogens (tertiary/aromatic N) is 1. The molecule has 0 bridgehead atoms. The third-order valence-electron chi connectivity index (χ3n) is 3.51. The van der Waals surface area contributed by atoms with E-state index in [-0.39, 0.29) is 6.04 Å². The highest BCUT2D eigenvalue weighted by atomic mass is 79.9. The van der Waals surface area contributed by atoms with Gasteiger partial charge in [0, 0.05) is 21.9 Å². The van der Waals surface area contributed by atoms with E-state index in [0.29, 0.717) is 12.6 Å². The highest BCUT2D eigenvalue weighted by Crippen LogP contribution is 2.39. The maximum atomic E-state index is 6.04. The molecule has 0 aromatic carbocycles. The van der Waals surface area contributed by atoms with Crippen molar-refractivity contribution in [3.63, 3.8) is 0 Å². The molecule has 5 heteroatoms. The average molecular weight is 341 g/mol. The second-order valence-corrected chi connectivity index (χ2v) is 6.67. The summed E-state index contributed by atoms with van der Waals surface area (Å²) < 4.78 is 6.66. The number of nitrogens with two attached hydrogens (primary N) is 1. The molecule has 1 atom stereocenters. The molecule has 2 aromatic heterocycles. The monoisotopic (exact) mass is 340 g/mol. The molecule has 0 saturated heterocycles. The lowest BCUT2D eigenvalue weighted by Gasteiger charge is -2.30. The first-order valence-corrected chi connectivity index (χ1v) is 8.18. The first-order valence-electron chi connectivity index (χ1n) is 6.50. The summed E-state index contributed by atoms with van der Waals surface area (Å²) in [7, 11) is 0. The van der Waals surface area contributed by atoms with Gasteiger partial charge in [-0.3, -0.25) is 4.90 Å². The Bertz CT molecular complexity index is 521. The second-order valence-electron chi connectivity index (χ2n) is 4.87. The van der Waals surface area contributed by atoms with E-state index in [1.54, 1.807) is 17.6 Å². The fourth-order valence-electron chi connectivity index (χ4n) is 2.42. The van der Waals surface area contributed by atoms with E-state index in [1.165, 1.54) is 17.7 Å². The van der Waals surface area contributed by atoms with Gasteiger partial charge in [0.15, 0.2) is 0 Å². The van der Waals surface area contributed by atoms with Crippen molar-refractivity contribution in [3.8, 4) is 0 Å². The lowest BCUT2D eigenvalue weighted by atomic mass is 10.2. The number of furan rings is 1. The predicted molar refractivity (Wildman–Crippen MR) is 81.1 cm³/mol. The van der Waals surface area contributed by atoms with Gasteiger partial charge < -0.3 is 10.2 Å². The van der Waals surface area contributed by atoms with Gasteiger partial charge in [-0.05, 0) is 52.4 Å². The number of halogens is 1. The van der Waals surface area contributed by atoms with Gasteiger partial charge in [-0.1, -0.05) is 0 Å². The van der Waals surface area contributed by atoms with Crippen molar-refractivity contribution in [2.24, 2.45) is 5.73 Å². The van der Waals surface area contributed by atoms with E-state index < -0.39 is 0 Å². The van der Waals surface area contributed by atoms with Crippen LogP contribution in [0.3, 0.4) is 0 Å². The Hall–Kier alpha value is -0.620. The molecule has 1 aliphatic rings. The fourth-order valence-corrected chi connectivity index (χ4v) is 4.19. The molecule has 1 fully saturated rings. The van der Waals surface area contributed by atoms with Crippen LogP contribution in [0, 0.1) is 0 Å². The zero-order chi connectivity index (χ0) is 13.2. The lowest BCUT2D eigenvalue weighted by Crippen LogP contribution is -2.34. The molecular weight excluding hydrogens is 324 g/mol. The van der Waals surface area contributed by atoms with Gasteiger partial charge in [-0.2, -0.15) is 0 Å². The van der Waals surface area contributed by atoms with Gasteiger partial charge >= 0.3 is 0 Å². The first kappa shape index (κ1) is 13.4. The Morgan fingerprint density at radius 3 is 2.84 bits per heavy atom. The fraction of sp³-hybridized carbons (Fsp3) is 0.429. The number of hydrogen-bond acceptors (Lipinski definition) is 4. The topological polar surface area (TPSA) is 42.4 Å². The van der Waals surface area contributed by atoms with Crippen molar-refractivity contribution in [1.82, 2.24) is 4.90 Å². The van der Waals surface area contributed by atoms with Crippen LogP contribution in [0.5, 0.6) is 0 Å². The molecule has 3 nitrogen and oxygen atoms in total. The maximum Gasteiger partial charge on any atom is 0.117 e. The molecule has 19 heavy (non-hydrogen) atoms. The minimum atomic E-state index is 0.270. The molecule has 2 heterocycles. The molecule has 1 aliphatic carbocycles. The van der Waals surface area contributed by atoms with Gasteiger partial charge in [0.2, 0.25) is 0 Å². The highest BCUT2D eigenvalue weighted by molar-refractivity contribution is 9.10. The zero-order valence-electron chi connectivity index (χ0n) is 10.6. The summed E-state index contributed by atoms with van der Waals surface area (Å²) >= 11 is 5.40. The number of rotatable bonds is 6. The van der Waals surface area contributed by atoms with Gasteiger partial charge in [0.25, 0.3) is 0 Å². The normalized spacial score (nSPS) is 17.0. The molecule has 3 rings (SSSR count). The summed E-state index contributed by atoms with van der Waals surface area (Å²) in [6.45, 7) is 1.47. The van der Waals surface area contributed by atoms with Crippen LogP contribution in [0.15, 0.2) is 38.7 Å². The maximum absolute atomic E-state index is 6.04. The minimum Gasteiger partial charge on any atom is -0.468 e. The minimum absolute atomic E-state index is 0.270. The van der Waals surface area contributed by atoms with E-state index in [9.17, 15) is 0 Å². The third kappa shape index (κ3) is 2.94. The van der Waals surface area contributed by atoms with Crippen molar-refractivity contribution >= 4 is 27.3 Å². The summed E-state index contributed by atoms with van der Waals surface area (Å²) in [6, 6.07) is 6.99. The molecule has 0 aliphatic heterocycles. The number of hydrogen-bond donors (Lipinski definition) is 1. The van der Waals surface area contributed by atoms with Crippen molar-refractivity contribution in [3.05, 3.63) is 45.0 Å². The van der Waals surface area contributed by atoms with Crippen LogP contribution < -0.4 is 5.73 Å². The van der Waals surface area contributed by atoms with E-state index in [1.807, 2.05) is 12.1 Å². The van der Waals surface area contributed by atoms with Crippen LogP contribution in [0.1, 0.15) is 29.5 Å². The molecule has 2 N–H and O–H groups in total. The molecule has 0 radical (unpaired) electrons. The molecule has 2 aromatic rings. The molecular formula is C14H17BrN2OS. The van der Waals surface area contributed by atoms with Crippen molar-refractivity contribution in [2.75, 3.05) is 6.54 Å². The van der Waals surface area contributed by atoms with E-state index in [4.69, 9.17) is 10.2 Å². The predicted octanol–water partition coefficient (Wildman–Crippen LogP) is 3.77. The van der Waals surface area contributed by atoms with E-state index in [0.717, 1.165) is 16.8 Å². The Kier molecular flexibility index (Phi) is 4.07. The quantitative estimate of drug-likeness (QED) is 0.870. The summed E-state index contributed by atoms with van der Waals surface area (Å²) in [5, 5.41) is 2.11. The summed E-state index contributed by atoms with van der Waals surface area (Å²) in [4.78, 5) is 3.80. The molecule has 0 spiro atoms. The molecule has 0 amide bonds. The van der Waals surface area contributed by atoms with Gasteiger partial charge in [0.1, 0.15) is 5.76 Å². The van der Waals surface area contributed by atoms with Gasteiger partial charge in [-0.15, -0.1) is 11.3 Å². The summed E-state index contributed by atoms with van der Waals surface area (Å²) in [6.07, 6.45) is 4.26. The van der Waals surface area contributed by atoms with Crippen molar-refractivity contribution < 1.29 is 4.42 Å². The van der Waals surface area contributed by atoms with Crippen LogP contribution >= 0.6 is 27.3 Å². The van der Waals surface area contributed by atoms with Crippen LogP contribution in [-0.2, 0) is 6.54 Å². The summed E-state index contributed by atoms with van der Waals surface area (Å²) in [5.74, 6) is 1.01. The Balaban J connectivity index is 1.83. The Morgan fingerprint density at radius 1 is 1.47 bits per heavy atom. The molecule has 102 valence electrons. The van der Waals surface area contributed by atoms with Crippen LogP contribution in [0.2, 0.25) is 0 Å². The number of thiophene rings is 1. The van der Waals surface area contributed by atoms with Crippen LogP contribution in [0.4, 0.5) is 0 Å². The van der Waals surface area contributed by atoms with Gasteiger partial charge in [-0.25, -0.2) is 0 Å². The van der Waals surface area contributed by atoms with Crippen molar-refractivity contribution in [2.45, 2.75) is 31.5 Å². The average Bonchev–Trinajstić information content (AvgIpc) is 2.97. The lowest BCUT2D eigenvalue weighted by molar-refractivity contribution is 0.170. The summed E-state index contributed by atoms with van der Waals surface area (Å²) in [5.41, 5.74) is 6.04. The van der Waals surface area contributed by atoms with E-state index in [2.05, 4.69) is 32.3 Å². The Labute approximate surface area is 125 Å². The van der Waals surface area contributed by atoms with Crippen LogP contribution in [0.25, 0.3) is 0 Å².